The highest BCUT2D eigenvalue weighted by atomic mass is 19.1. The van der Waals surface area contributed by atoms with Gasteiger partial charge in [0.2, 0.25) is 0 Å². The summed E-state index contributed by atoms with van der Waals surface area (Å²) >= 11 is 0. The molecule has 1 spiro atoms. The number of ether oxygens (including phenoxy) is 1. The van der Waals surface area contributed by atoms with Gasteiger partial charge in [0.25, 0.3) is 0 Å². The number of aromatic nitrogens is 2. The Labute approximate surface area is 118 Å². The third-order valence-corrected chi connectivity index (χ3v) is 4.36. The van der Waals surface area contributed by atoms with E-state index in [4.69, 9.17) is 4.74 Å². The number of nitrogens with zero attached hydrogens (tertiary/aromatic N) is 2. The highest BCUT2D eigenvalue weighted by Crippen LogP contribution is 2.64. The van der Waals surface area contributed by atoms with Gasteiger partial charge >= 0.3 is 12.0 Å². The van der Waals surface area contributed by atoms with Gasteiger partial charge in [-0.2, -0.15) is 4.39 Å². The molecule has 0 aromatic carbocycles. The second-order valence-corrected chi connectivity index (χ2v) is 5.52. The van der Waals surface area contributed by atoms with Crippen molar-refractivity contribution in [3.8, 4) is 0 Å². The van der Waals surface area contributed by atoms with Crippen molar-refractivity contribution in [2.75, 3.05) is 7.11 Å². The van der Waals surface area contributed by atoms with Crippen LogP contribution < -0.4 is 0 Å². The molecular formula is C15H21FN2O2. The van der Waals surface area contributed by atoms with Crippen molar-refractivity contribution in [1.82, 2.24) is 9.97 Å². The van der Waals surface area contributed by atoms with Crippen LogP contribution in [0.2, 0.25) is 0 Å². The second-order valence-electron chi connectivity index (χ2n) is 5.52. The lowest BCUT2D eigenvalue weighted by Gasteiger charge is -2.57. The monoisotopic (exact) mass is 280 g/mol. The van der Waals surface area contributed by atoms with Gasteiger partial charge in [-0.25, -0.2) is 9.97 Å². The van der Waals surface area contributed by atoms with Crippen molar-refractivity contribution < 1.29 is 13.9 Å². The normalized spacial score (nSPS) is 30.6. The summed E-state index contributed by atoms with van der Waals surface area (Å²) in [4.78, 5) is 18.5. The van der Waals surface area contributed by atoms with E-state index in [2.05, 4.69) is 9.97 Å². The molecule has 5 heteroatoms. The Bertz CT molecular complexity index is 461. The molecule has 0 aliphatic heterocycles. The van der Waals surface area contributed by atoms with Gasteiger partial charge in [0.05, 0.1) is 13.0 Å². The van der Waals surface area contributed by atoms with Crippen LogP contribution in [0.1, 0.15) is 51.0 Å². The first-order valence-electron chi connectivity index (χ1n) is 7.17. The van der Waals surface area contributed by atoms with Crippen LogP contribution in [-0.2, 0) is 9.53 Å². The number of methoxy groups -OCH3 is 1. The Morgan fingerprint density at radius 3 is 2.30 bits per heavy atom. The molecule has 2 fully saturated rings. The molecule has 0 unspecified atom stereocenters. The molecule has 2 aliphatic rings. The van der Waals surface area contributed by atoms with Crippen molar-refractivity contribution in [2.45, 2.75) is 45.4 Å². The van der Waals surface area contributed by atoms with Gasteiger partial charge in [0.1, 0.15) is 0 Å². The number of carbonyl (C=O) groups excluding carboxylic acids is 1. The molecule has 2 aliphatic carbocycles. The van der Waals surface area contributed by atoms with E-state index < -0.39 is 6.08 Å². The topological polar surface area (TPSA) is 52.1 Å². The first-order valence-corrected chi connectivity index (χ1v) is 7.17. The SMILES string of the molecule is CC.COC(=O)C1CC2(C1)CC(c1cnc(F)nc1)C2. The largest absolute Gasteiger partial charge is 0.469 e. The first-order chi connectivity index (χ1) is 9.62. The number of esters is 1. The lowest BCUT2D eigenvalue weighted by molar-refractivity contribution is -0.159. The maximum absolute atomic E-state index is 12.6. The van der Waals surface area contributed by atoms with Crippen LogP contribution in [0, 0.1) is 17.4 Å². The zero-order valence-electron chi connectivity index (χ0n) is 12.2. The predicted molar refractivity (Wildman–Crippen MR) is 72.5 cm³/mol. The van der Waals surface area contributed by atoms with Crippen molar-refractivity contribution in [3.63, 3.8) is 0 Å². The fraction of sp³-hybridized carbons (Fsp3) is 0.667. The van der Waals surface area contributed by atoms with Gasteiger partial charge in [-0.05, 0) is 42.6 Å². The minimum absolute atomic E-state index is 0.0837. The summed E-state index contributed by atoms with van der Waals surface area (Å²) in [6.07, 6.45) is 6.41. The molecule has 0 atom stereocenters. The van der Waals surface area contributed by atoms with Crippen LogP contribution in [0.4, 0.5) is 4.39 Å². The van der Waals surface area contributed by atoms with Crippen LogP contribution in [0.25, 0.3) is 0 Å². The van der Waals surface area contributed by atoms with E-state index in [1.54, 1.807) is 12.4 Å². The van der Waals surface area contributed by atoms with E-state index in [1.165, 1.54) is 7.11 Å². The fourth-order valence-corrected chi connectivity index (χ4v) is 3.41. The van der Waals surface area contributed by atoms with E-state index in [-0.39, 0.29) is 11.9 Å². The molecule has 0 amide bonds. The summed E-state index contributed by atoms with van der Waals surface area (Å²) in [6, 6.07) is 0. The average molecular weight is 280 g/mol. The lowest BCUT2D eigenvalue weighted by atomic mass is 9.47. The number of hydrogen-bond donors (Lipinski definition) is 0. The van der Waals surface area contributed by atoms with Crippen LogP contribution in [0.5, 0.6) is 0 Å². The van der Waals surface area contributed by atoms with Crippen LogP contribution in [0.3, 0.4) is 0 Å². The van der Waals surface area contributed by atoms with Gasteiger partial charge in [-0.1, -0.05) is 13.8 Å². The molecule has 1 heterocycles. The highest BCUT2D eigenvalue weighted by Gasteiger charge is 2.55. The number of hydrogen-bond acceptors (Lipinski definition) is 4. The van der Waals surface area contributed by atoms with Crippen molar-refractivity contribution in [3.05, 3.63) is 24.0 Å². The minimum Gasteiger partial charge on any atom is -0.469 e. The van der Waals surface area contributed by atoms with E-state index in [9.17, 15) is 9.18 Å². The summed E-state index contributed by atoms with van der Waals surface area (Å²) in [5.41, 5.74) is 1.32. The molecule has 0 saturated heterocycles. The Morgan fingerprint density at radius 2 is 1.80 bits per heavy atom. The smallest absolute Gasteiger partial charge is 0.308 e. The van der Waals surface area contributed by atoms with E-state index in [0.29, 0.717) is 11.3 Å². The van der Waals surface area contributed by atoms with E-state index in [1.807, 2.05) is 13.8 Å². The van der Waals surface area contributed by atoms with Gasteiger partial charge < -0.3 is 4.74 Å². The summed E-state index contributed by atoms with van der Waals surface area (Å²) < 4.78 is 17.3. The second kappa shape index (κ2) is 5.85. The summed E-state index contributed by atoms with van der Waals surface area (Å²) in [7, 11) is 1.44. The fourth-order valence-electron chi connectivity index (χ4n) is 3.41. The molecule has 3 rings (SSSR count). The molecule has 110 valence electrons. The van der Waals surface area contributed by atoms with Crippen molar-refractivity contribution >= 4 is 5.97 Å². The summed E-state index contributed by atoms with van der Waals surface area (Å²) in [6.45, 7) is 4.00. The Kier molecular flexibility index (Phi) is 4.35. The molecule has 0 N–H and O–H groups in total. The molecule has 4 nitrogen and oxygen atoms in total. The Morgan fingerprint density at radius 1 is 1.25 bits per heavy atom. The summed E-state index contributed by atoms with van der Waals surface area (Å²) in [5, 5.41) is 0. The van der Waals surface area contributed by atoms with Crippen LogP contribution in [-0.4, -0.2) is 23.0 Å². The van der Waals surface area contributed by atoms with Gasteiger partial charge in [-0.3, -0.25) is 4.79 Å². The Balaban J connectivity index is 0.000000704. The molecule has 1 aromatic rings. The number of halogens is 1. The quantitative estimate of drug-likeness (QED) is 0.617. The van der Waals surface area contributed by atoms with Crippen LogP contribution in [0.15, 0.2) is 12.4 Å². The van der Waals surface area contributed by atoms with Gasteiger partial charge in [0, 0.05) is 12.4 Å². The molecule has 20 heavy (non-hydrogen) atoms. The van der Waals surface area contributed by atoms with Gasteiger partial charge in [0.15, 0.2) is 0 Å². The van der Waals surface area contributed by atoms with Crippen molar-refractivity contribution in [1.29, 1.82) is 0 Å². The molecule has 2 saturated carbocycles. The predicted octanol–water partition coefficient (Wildman–Crippen LogP) is 3.09. The number of carbonyl (C=O) groups is 1. The third-order valence-electron chi connectivity index (χ3n) is 4.36. The number of rotatable bonds is 2. The Hall–Kier alpha value is -1.52. The average Bonchev–Trinajstić information content (AvgIpc) is 2.39. The van der Waals surface area contributed by atoms with Crippen LogP contribution >= 0.6 is 0 Å². The summed E-state index contributed by atoms with van der Waals surface area (Å²) in [5.74, 6) is 0.416. The highest BCUT2D eigenvalue weighted by molar-refractivity contribution is 5.73. The minimum atomic E-state index is -0.679. The molecule has 0 bridgehead atoms. The molecular weight excluding hydrogens is 259 g/mol. The standard InChI is InChI=1S/C13H15FN2O2.C2H6/c1-18-11(17)9-4-13(5-9)2-8(3-13)10-6-15-12(14)16-7-10;1-2/h6-9H,2-5H2,1H3;1-2H3. The maximum atomic E-state index is 12.6. The maximum Gasteiger partial charge on any atom is 0.308 e. The van der Waals surface area contributed by atoms with Crippen molar-refractivity contribution in [2.24, 2.45) is 11.3 Å². The zero-order chi connectivity index (χ0) is 14.8. The molecule has 1 aromatic heterocycles. The lowest BCUT2D eigenvalue weighted by Crippen LogP contribution is -2.49. The van der Waals surface area contributed by atoms with E-state index >= 15 is 0 Å². The zero-order valence-corrected chi connectivity index (χ0v) is 12.2. The molecule has 0 radical (unpaired) electrons. The third kappa shape index (κ3) is 2.67. The van der Waals surface area contributed by atoms with Gasteiger partial charge in [-0.15, -0.1) is 0 Å². The van der Waals surface area contributed by atoms with E-state index in [0.717, 1.165) is 31.2 Å². The first kappa shape index (κ1) is 14.9.